The summed E-state index contributed by atoms with van der Waals surface area (Å²) in [6, 6.07) is 0. The predicted octanol–water partition coefficient (Wildman–Crippen LogP) is -0.00350. The molecule has 2 saturated heterocycles. The van der Waals surface area contributed by atoms with Gasteiger partial charge in [-0.05, 0) is 19.4 Å². The summed E-state index contributed by atoms with van der Waals surface area (Å²) in [7, 11) is 0. The van der Waals surface area contributed by atoms with Crippen molar-refractivity contribution < 1.29 is 9.53 Å². The third-order valence-electron chi connectivity index (χ3n) is 3.90. The SMILES string of the molecule is CC12CC=CC=C1NC(=NCC(=O)N1CCOCC1)N2. The van der Waals surface area contributed by atoms with Gasteiger partial charge in [0.25, 0.3) is 0 Å². The Hall–Kier alpha value is -1.82. The van der Waals surface area contributed by atoms with Gasteiger partial charge in [0, 0.05) is 18.8 Å². The minimum absolute atomic E-state index is 0.0523. The van der Waals surface area contributed by atoms with E-state index in [1.54, 1.807) is 4.90 Å². The largest absolute Gasteiger partial charge is 0.378 e. The molecule has 0 spiro atoms. The molecule has 0 radical (unpaired) electrons. The normalized spacial score (nSPS) is 30.6. The van der Waals surface area contributed by atoms with Crippen molar-refractivity contribution in [3.63, 3.8) is 0 Å². The highest BCUT2D eigenvalue weighted by Crippen LogP contribution is 2.26. The maximum Gasteiger partial charge on any atom is 0.244 e. The van der Waals surface area contributed by atoms with Crippen molar-refractivity contribution in [2.75, 3.05) is 32.8 Å². The fraction of sp³-hybridized carbons (Fsp3) is 0.571. The molecule has 3 aliphatic rings. The van der Waals surface area contributed by atoms with Crippen molar-refractivity contribution in [3.05, 3.63) is 23.9 Å². The molecule has 108 valence electrons. The second-order valence-electron chi connectivity index (χ2n) is 5.45. The van der Waals surface area contributed by atoms with Gasteiger partial charge >= 0.3 is 0 Å². The lowest BCUT2D eigenvalue weighted by Gasteiger charge is -2.26. The molecular formula is C14H20N4O2. The minimum Gasteiger partial charge on any atom is -0.378 e. The van der Waals surface area contributed by atoms with Crippen LogP contribution in [0.25, 0.3) is 0 Å². The van der Waals surface area contributed by atoms with Crippen molar-refractivity contribution in [3.8, 4) is 0 Å². The number of morpholine rings is 1. The van der Waals surface area contributed by atoms with Crippen molar-refractivity contribution in [2.24, 2.45) is 4.99 Å². The Kier molecular flexibility index (Phi) is 3.48. The molecule has 2 heterocycles. The molecule has 0 saturated carbocycles. The van der Waals surface area contributed by atoms with Gasteiger partial charge in [0.05, 0.1) is 18.8 Å². The van der Waals surface area contributed by atoms with E-state index in [1.165, 1.54) is 0 Å². The predicted molar refractivity (Wildman–Crippen MR) is 76.2 cm³/mol. The number of guanidine groups is 1. The van der Waals surface area contributed by atoms with E-state index in [1.807, 2.05) is 12.2 Å². The van der Waals surface area contributed by atoms with Crippen LogP contribution in [0, 0.1) is 0 Å². The van der Waals surface area contributed by atoms with Gasteiger partial charge in [0.1, 0.15) is 6.54 Å². The first-order chi connectivity index (χ1) is 9.67. The molecule has 0 aromatic carbocycles. The Bertz CT molecular complexity index is 491. The zero-order chi connectivity index (χ0) is 14.0. The van der Waals surface area contributed by atoms with Crippen molar-refractivity contribution in [1.29, 1.82) is 0 Å². The van der Waals surface area contributed by atoms with Crippen LogP contribution in [-0.2, 0) is 9.53 Å². The first-order valence-electron chi connectivity index (χ1n) is 7.00. The number of aliphatic imine (C=N–C) groups is 1. The van der Waals surface area contributed by atoms with Crippen molar-refractivity contribution in [1.82, 2.24) is 15.5 Å². The highest BCUT2D eigenvalue weighted by Gasteiger charge is 2.36. The first-order valence-corrected chi connectivity index (χ1v) is 7.00. The van der Waals surface area contributed by atoms with E-state index in [0.717, 1.165) is 12.1 Å². The number of hydrogen-bond acceptors (Lipinski definition) is 3. The molecule has 6 nitrogen and oxygen atoms in total. The molecule has 2 aliphatic heterocycles. The Morgan fingerprint density at radius 3 is 3.05 bits per heavy atom. The summed E-state index contributed by atoms with van der Waals surface area (Å²) in [5.74, 6) is 0.737. The number of carbonyl (C=O) groups excluding carboxylic acids is 1. The van der Waals surface area contributed by atoms with E-state index < -0.39 is 0 Å². The molecular weight excluding hydrogens is 256 g/mol. The van der Waals surface area contributed by atoms with Gasteiger partial charge in [-0.3, -0.25) is 4.79 Å². The number of fused-ring (bicyclic) bond motifs is 1. The summed E-state index contributed by atoms with van der Waals surface area (Å²) in [6.07, 6.45) is 7.12. The van der Waals surface area contributed by atoms with Gasteiger partial charge in [-0.2, -0.15) is 0 Å². The van der Waals surface area contributed by atoms with Gasteiger partial charge < -0.3 is 20.3 Å². The Balaban J connectivity index is 1.59. The average molecular weight is 276 g/mol. The molecule has 6 heteroatoms. The number of ether oxygens (including phenoxy) is 1. The highest BCUT2D eigenvalue weighted by atomic mass is 16.5. The number of allylic oxidation sites excluding steroid dienone is 2. The molecule has 2 N–H and O–H groups in total. The number of hydrogen-bond donors (Lipinski definition) is 2. The van der Waals surface area contributed by atoms with Crippen LogP contribution in [-0.4, -0.2) is 55.2 Å². The maximum atomic E-state index is 12.0. The topological polar surface area (TPSA) is 66.0 Å². The Morgan fingerprint density at radius 2 is 2.30 bits per heavy atom. The summed E-state index contributed by atoms with van der Waals surface area (Å²) >= 11 is 0. The van der Waals surface area contributed by atoms with Crippen LogP contribution in [0.3, 0.4) is 0 Å². The number of nitrogens with one attached hydrogen (secondary N) is 2. The lowest BCUT2D eigenvalue weighted by Crippen LogP contribution is -2.43. The van der Waals surface area contributed by atoms with Crippen LogP contribution in [0.15, 0.2) is 28.9 Å². The van der Waals surface area contributed by atoms with Gasteiger partial charge in [0.2, 0.25) is 5.91 Å². The fourth-order valence-electron chi connectivity index (χ4n) is 2.62. The molecule has 0 aromatic heterocycles. The van der Waals surface area contributed by atoms with Crippen molar-refractivity contribution in [2.45, 2.75) is 18.9 Å². The lowest BCUT2D eigenvalue weighted by molar-refractivity contribution is -0.133. The van der Waals surface area contributed by atoms with Gasteiger partial charge in [-0.1, -0.05) is 12.2 Å². The van der Waals surface area contributed by atoms with Crippen LogP contribution < -0.4 is 10.6 Å². The molecule has 0 aromatic rings. The van der Waals surface area contributed by atoms with Gasteiger partial charge in [-0.25, -0.2) is 4.99 Å². The molecule has 3 rings (SSSR count). The number of amides is 1. The molecule has 1 atom stereocenters. The van der Waals surface area contributed by atoms with Crippen LogP contribution in [0.5, 0.6) is 0 Å². The third-order valence-corrected chi connectivity index (χ3v) is 3.90. The quantitative estimate of drug-likeness (QED) is 0.745. The summed E-state index contributed by atoms with van der Waals surface area (Å²) in [4.78, 5) is 18.2. The highest BCUT2D eigenvalue weighted by molar-refractivity contribution is 5.89. The van der Waals surface area contributed by atoms with Crippen LogP contribution in [0.4, 0.5) is 0 Å². The maximum absolute atomic E-state index is 12.0. The second-order valence-corrected chi connectivity index (χ2v) is 5.45. The smallest absolute Gasteiger partial charge is 0.244 e. The number of rotatable bonds is 2. The average Bonchev–Trinajstić information content (AvgIpc) is 2.82. The monoisotopic (exact) mass is 276 g/mol. The summed E-state index contributed by atoms with van der Waals surface area (Å²) in [6.45, 7) is 4.87. The van der Waals surface area contributed by atoms with Gasteiger partial charge in [0.15, 0.2) is 5.96 Å². The zero-order valence-corrected chi connectivity index (χ0v) is 11.7. The second kappa shape index (κ2) is 5.28. The molecule has 1 unspecified atom stereocenters. The van der Waals surface area contributed by atoms with E-state index in [0.29, 0.717) is 32.3 Å². The molecule has 20 heavy (non-hydrogen) atoms. The van der Waals surface area contributed by atoms with Crippen LogP contribution in [0.1, 0.15) is 13.3 Å². The fourth-order valence-corrected chi connectivity index (χ4v) is 2.62. The minimum atomic E-state index is -0.115. The van der Waals surface area contributed by atoms with Crippen LogP contribution in [0.2, 0.25) is 0 Å². The summed E-state index contributed by atoms with van der Waals surface area (Å²) in [5.41, 5.74) is 0.993. The summed E-state index contributed by atoms with van der Waals surface area (Å²) in [5, 5.41) is 6.60. The molecule has 1 aliphatic carbocycles. The lowest BCUT2D eigenvalue weighted by atomic mass is 9.91. The van der Waals surface area contributed by atoms with E-state index in [-0.39, 0.29) is 18.0 Å². The summed E-state index contributed by atoms with van der Waals surface area (Å²) < 4.78 is 5.24. The van der Waals surface area contributed by atoms with E-state index >= 15 is 0 Å². The zero-order valence-electron chi connectivity index (χ0n) is 11.7. The Labute approximate surface area is 118 Å². The molecule has 2 fully saturated rings. The third kappa shape index (κ3) is 2.56. The van der Waals surface area contributed by atoms with Crippen molar-refractivity contribution >= 4 is 11.9 Å². The van der Waals surface area contributed by atoms with E-state index in [9.17, 15) is 4.79 Å². The number of carbonyl (C=O) groups is 1. The van der Waals surface area contributed by atoms with Crippen LogP contribution >= 0.6 is 0 Å². The van der Waals surface area contributed by atoms with Gasteiger partial charge in [-0.15, -0.1) is 0 Å². The number of nitrogens with zero attached hydrogens (tertiary/aromatic N) is 2. The molecule has 1 amide bonds. The van der Waals surface area contributed by atoms with E-state index in [4.69, 9.17) is 4.74 Å². The molecule has 0 bridgehead atoms. The Morgan fingerprint density at radius 1 is 1.50 bits per heavy atom. The standard InChI is InChI=1S/C14H20N4O2/c1-14-5-3-2-4-11(14)16-13(17-14)15-10-12(19)18-6-8-20-9-7-18/h2-4H,5-10H2,1H3,(H2,15,16,17). The van der Waals surface area contributed by atoms with E-state index in [2.05, 4.69) is 28.6 Å². The first kappa shape index (κ1) is 13.2.